The molecule has 5 heteroatoms. The second kappa shape index (κ2) is 6.26. The highest BCUT2D eigenvalue weighted by atomic mass is 19.1. The Morgan fingerprint density at radius 2 is 2.00 bits per heavy atom. The first-order chi connectivity index (χ1) is 12.1. The van der Waals surface area contributed by atoms with Gasteiger partial charge in [-0.1, -0.05) is 6.08 Å². The van der Waals surface area contributed by atoms with Crippen LogP contribution in [0.4, 0.5) is 4.39 Å². The number of carbonyl (C=O) groups excluding carboxylic acids is 1. The predicted octanol–water partition coefficient (Wildman–Crippen LogP) is 3.58. The first-order valence-electron chi connectivity index (χ1n) is 8.28. The van der Waals surface area contributed by atoms with Gasteiger partial charge in [-0.2, -0.15) is 0 Å². The van der Waals surface area contributed by atoms with Crippen molar-refractivity contribution in [2.75, 3.05) is 20.1 Å². The third-order valence-corrected chi connectivity index (χ3v) is 4.63. The number of rotatable bonds is 2. The van der Waals surface area contributed by atoms with Crippen LogP contribution in [-0.2, 0) is 0 Å². The van der Waals surface area contributed by atoms with E-state index in [4.69, 9.17) is 0 Å². The minimum Gasteiger partial charge on any atom is -0.302 e. The Hall–Kier alpha value is -2.79. The third-order valence-electron chi connectivity index (χ3n) is 4.63. The SMILES string of the molecule is CN1CC=C(c2cn(C(=O)c3ccc(F)cc3)c3ncccc23)CC1. The lowest BCUT2D eigenvalue weighted by atomic mass is 10.00. The summed E-state index contributed by atoms with van der Waals surface area (Å²) in [7, 11) is 2.09. The molecule has 0 fully saturated rings. The fraction of sp³-hybridized carbons (Fsp3) is 0.200. The molecule has 0 unspecified atom stereocenters. The molecule has 1 aliphatic heterocycles. The molecule has 4 nitrogen and oxygen atoms in total. The molecule has 0 amide bonds. The van der Waals surface area contributed by atoms with E-state index in [0.717, 1.165) is 30.5 Å². The maximum atomic E-state index is 13.1. The summed E-state index contributed by atoms with van der Waals surface area (Å²) in [5, 5.41) is 0.966. The van der Waals surface area contributed by atoms with Crippen LogP contribution in [0, 0.1) is 5.82 Å². The Balaban J connectivity index is 1.82. The van der Waals surface area contributed by atoms with Gasteiger partial charge in [-0.25, -0.2) is 9.37 Å². The number of nitrogens with zero attached hydrogens (tertiary/aromatic N) is 3. The van der Waals surface area contributed by atoms with E-state index in [2.05, 4.69) is 23.0 Å². The zero-order chi connectivity index (χ0) is 17.4. The quantitative estimate of drug-likeness (QED) is 0.718. The van der Waals surface area contributed by atoms with Gasteiger partial charge in [0.1, 0.15) is 11.5 Å². The van der Waals surface area contributed by atoms with Crippen molar-refractivity contribution in [2.45, 2.75) is 6.42 Å². The summed E-state index contributed by atoms with van der Waals surface area (Å²) in [6.45, 7) is 1.89. The van der Waals surface area contributed by atoms with Crippen molar-refractivity contribution in [2.24, 2.45) is 0 Å². The maximum absolute atomic E-state index is 13.1. The monoisotopic (exact) mass is 335 g/mol. The average Bonchev–Trinajstić information content (AvgIpc) is 3.02. The lowest BCUT2D eigenvalue weighted by molar-refractivity contribution is 0.0964. The Morgan fingerprint density at radius 3 is 2.72 bits per heavy atom. The average molecular weight is 335 g/mol. The molecule has 0 aliphatic carbocycles. The molecule has 0 spiro atoms. The summed E-state index contributed by atoms with van der Waals surface area (Å²) in [5.41, 5.74) is 3.35. The van der Waals surface area contributed by atoms with Gasteiger partial charge < -0.3 is 4.90 Å². The number of aromatic nitrogens is 2. The van der Waals surface area contributed by atoms with Crippen molar-refractivity contribution in [1.29, 1.82) is 0 Å². The van der Waals surface area contributed by atoms with Crippen LogP contribution in [0.2, 0.25) is 0 Å². The van der Waals surface area contributed by atoms with Crippen molar-refractivity contribution >= 4 is 22.5 Å². The molecule has 1 aromatic carbocycles. The molecule has 0 saturated heterocycles. The Morgan fingerprint density at radius 1 is 1.20 bits per heavy atom. The van der Waals surface area contributed by atoms with Crippen molar-refractivity contribution in [3.8, 4) is 0 Å². The molecule has 0 atom stereocenters. The van der Waals surface area contributed by atoms with Gasteiger partial charge in [0.2, 0.25) is 0 Å². The largest absolute Gasteiger partial charge is 0.302 e. The number of carbonyl (C=O) groups is 1. The highest BCUT2D eigenvalue weighted by molar-refractivity contribution is 6.04. The Kier molecular flexibility index (Phi) is 3.93. The standard InChI is InChI=1S/C20H18FN3O/c1-23-11-8-14(9-12-23)18-13-24(19-17(18)3-2-10-22-19)20(25)15-4-6-16(21)7-5-15/h2-8,10,13H,9,11-12H2,1H3. The minimum absolute atomic E-state index is 0.205. The molecule has 1 aliphatic rings. The highest BCUT2D eigenvalue weighted by Crippen LogP contribution is 2.30. The molecule has 0 radical (unpaired) electrons. The van der Waals surface area contributed by atoms with E-state index in [-0.39, 0.29) is 11.7 Å². The minimum atomic E-state index is -0.357. The van der Waals surface area contributed by atoms with Gasteiger partial charge in [0.15, 0.2) is 0 Å². The summed E-state index contributed by atoms with van der Waals surface area (Å²) in [5.74, 6) is -0.562. The number of benzene rings is 1. The molecule has 126 valence electrons. The van der Waals surface area contributed by atoms with Gasteiger partial charge in [-0.3, -0.25) is 9.36 Å². The van der Waals surface area contributed by atoms with Crippen LogP contribution in [0.5, 0.6) is 0 Å². The number of pyridine rings is 1. The third kappa shape index (κ3) is 2.87. The molecule has 4 rings (SSSR count). The van der Waals surface area contributed by atoms with Gasteiger partial charge in [0.05, 0.1) is 0 Å². The lowest BCUT2D eigenvalue weighted by Crippen LogP contribution is -2.23. The van der Waals surface area contributed by atoms with Crippen LogP contribution >= 0.6 is 0 Å². The molecule has 0 bridgehead atoms. The highest BCUT2D eigenvalue weighted by Gasteiger charge is 2.19. The van der Waals surface area contributed by atoms with E-state index in [0.29, 0.717) is 11.2 Å². The Bertz CT molecular complexity index is 972. The van der Waals surface area contributed by atoms with Crippen LogP contribution in [-0.4, -0.2) is 40.5 Å². The Labute approximate surface area is 145 Å². The lowest BCUT2D eigenvalue weighted by Gasteiger charge is -2.21. The summed E-state index contributed by atoms with van der Waals surface area (Å²) in [6.07, 6.45) is 6.69. The van der Waals surface area contributed by atoms with Gasteiger partial charge in [-0.05, 0) is 55.4 Å². The van der Waals surface area contributed by atoms with E-state index < -0.39 is 0 Å². The second-order valence-corrected chi connectivity index (χ2v) is 6.34. The number of hydrogen-bond acceptors (Lipinski definition) is 3. The summed E-state index contributed by atoms with van der Waals surface area (Å²) >= 11 is 0. The topological polar surface area (TPSA) is 38.1 Å². The smallest absolute Gasteiger partial charge is 0.263 e. The summed E-state index contributed by atoms with van der Waals surface area (Å²) < 4.78 is 14.7. The van der Waals surface area contributed by atoms with Crippen LogP contribution < -0.4 is 0 Å². The molecule has 25 heavy (non-hydrogen) atoms. The molecule has 2 aromatic heterocycles. The van der Waals surface area contributed by atoms with Crippen molar-refractivity contribution in [3.63, 3.8) is 0 Å². The molecule has 0 saturated carbocycles. The van der Waals surface area contributed by atoms with Crippen LogP contribution in [0.3, 0.4) is 0 Å². The first-order valence-corrected chi connectivity index (χ1v) is 8.28. The summed E-state index contributed by atoms with van der Waals surface area (Å²) in [6, 6.07) is 9.47. The van der Waals surface area contributed by atoms with Crippen LogP contribution in [0.25, 0.3) is 16.6 Å². The predicted molar refractivity (Wildman–Crippen MR) is 96.0 cm³/mol. The van der Waals surface area contributed by atoms with Crippen LogP contribution in [0.1, 0.15) is 22.3 Å². The van der Waals surface area contributed by atoms with Gasteiger partial charge in [-0.15, -0.1) is 0 Å². The van der Waals surface area contributed by atoms with Crippen molar-refractivity contribution in [3.05, 3.63) is 71.8 Å². The van der Waals surface area contributed by atoms with Crippen molar-refractivity contribution < 1.29 is 9.18 Å². The fourth-order valence-corrected chi connectivity index (χ4v) is 3.22. The van der Waals surface area contributed by atoms with Gasteiger partial charge in [0.25, 0.3) is 5.91 Å². The van der Waals surface area contributed by atoms with Gasteiger partial charge in [0, 0.05) is 42.0 Å². The normalized spacial score (nSPS) is 15.4. The van der Waals surface area contributed by atoms with Gasteiger partial charge >= 0.3 is 0 Å². The first kappa shape index (κ1) is 15.7. The van der Waals surface area contributed by atoms with E-state index in [1.54, 1.807) is 10.8 Å². The molecular weight excluding hydrogens is 317 g/mol. The number of hydrogen-bond donors (Lipinski definition) is 0. The van der Waals surface area contributed by atoms with Crippen molar-refractivity contribution in [1.82, 2.24) is 14.5 Å². The second-order valence-electron chi connectivity index (χ2n) is 6.34. The molecule has 3 heterocycles. The number of fused-ring (bicyclic) bond motifs is 1. The van der Waals surface area contributed by atoms with E-state index >= 15 is 0 Å². The summed E-state index contributed by atoms with van der Waals surface area (Å²) in [4.78, 5) is 19.6. The molecule has 0 N–H and O–H groups in total. The molecular formula is C20H18FN3O. The maximum Gasteiger partial charge on any atom is 0.263 e. The zero-order valence-electron chi connectivity index (χ0n) is 13.9. The van der Waals surface area contributed by atoms with Crippen LogP contribution in [0.15, 0.2) is 54.9 Å². The number of likely N-dealkylation sites (N-methyl/N-ethyl adjacent to an activating group) is 1. The number of halogens is 1. The fourth-order valence-electron chi connectivity index (χ4n) is 3.22. The van der Waals surface area contributed by atoms with E-state index in [1.165, 1.54) is 29.8 Å². The molecule has 3 aromatic rings. The van der Waals surface area contributed by atoms with E-state index in [1.807, 2.05) is 18.3 Å². The van der Waals surface area contributed by atoms with E-state index in [9.17, 15) is 9.18 Å². The zero-order valence-corrected chi connectivity index (χ0v) is 13.9.